The zero-order chi connectivity index (χ0) is 11.5. The van der Waals surface area contributed by atoms with Gasteiger partial charge in [0.25, 0.3) is 0 Å². The van der Waals surface area contributed by atoms with Crippen LogP contribution < -0.4 is 0 Å². The van der Waals surface area contributed by atoms with Gasteiger partial charge in [-0.05, 0) is 19.4 Å². The normalized spacial score (nSPS) is 10.7. The van der Waals surface area contributed by atoms with Gasteiger partial charge in [0.15, 0.2) is 0 Å². The van der Waals surface area contributed by atoms with Crippen LogP contribution in [0.5, 0.6) is 0 Å². The lowest BCUT2D eigenvalue weighted by molar-refractivity contribution is 0.281. The number of aliphatic hydroxyl groups is 1. The summed E-state index contributed by atoms with van der Waals surface area (Å²) in [4.78, 5) is 0. The summed E-state index contributed by atoms with van der Waals surface area (Å²) in [5, 5.41) is 13.3. The Morgan fingerprint density at radius 1 is 1.19 bits per heavy atom. The molecule has 1 N–H and O–H groups in total. The third-order valence-electron chi connectivity index (χ3n) is 2.83. The Bertz CT molecular complexity index is 471. The van der Waals surface area contributed by atoms with Crippen LogP contribution in [0.1, 0.15) is 22.4 Å². The zero-order valence-electron chi connectivity index (χ0n) is 9.64. The van der Waals surface area contributed by atoms with Crippen LogP contribution in [0, 0.1) is 13.8 Å². The molecule has 0 spiro atoms. The number of rotatable bonds is 3. The lowest BCUT2D eigenvalue weighted by Crippen LogP contribution is -2.04. The Labute approximate surface area is 95.3 Å². The number of hydrogen-bond acceptors (Lipinski definition) is 2. The van der Waals surface area contributed by atoms with Gasteiger partial charge in [-0.2, -0.15) is 5.10 Å². The van der Waals surface area contributed by atoms with Crippen molar-refractivity contribution >= 4 is 0 Å². The van der Waals surface area contributed by atoms with E-state index in [2.05, 4.69) is 36.3 Å². The SMILES string of the molecule is Cc1ccc(Cn2ncc(CO)c2C)cc1. The first-order chi connectivity index (χ1) is 7.70. The fourth-order valence-electron chi connectivity index (χ4n) is 1.67. The molecule has 1 aromatic carbocycles. The van der Waals surface area contributed by atoms with Crippen LogP contribution in [-0.4, -0.2) is 14.9 Å². The molecule has 2 aromatic rings. The fraction of sp³-hybridized carbons (Fsp3) is 0.308. The topological polar surface area (TPSA) is 38.0 Å². The minimum absolute atomic E-state index is 0.0553. The van der Waals surface area contributed by atoms with Crippen molar-refractivity contribution < 1.29 is 5.11 Å². The molecule has 0 saturated heterocycles. The maximum Gasteiger partial charge on any atom is 0.0715 e. The molecule has 84 valence electrons. The molecule has 0 unspecified atom stereocenters. The van der Waals surface area contributed by atoms with E-state index >= 15 is 0 Å². The minimum atomic E-state index is 0.0553. The fourth-order valence-corrected chi connectivity index (χ4v) is 1.67. The van der Waals surface area contributed by atoms with E-state index in [1.807, 2.05) is 11.6 Å². The largest absolute Gasteiger partial charge is 0.392 e. The van der Waals surface area contributed by atoms with Crippen molar-refractivity contribution in [2.45, 2.75) is 27.0 Å². The van der Waals surface area contributed by atoms with E-state index in [0.717, 1.165) is 17.8 Å². The van der Waals surface area contributed by atoms with Gasteiger partial charge in [0.1, 0.15) is 0 Å². The van der Waals surface area contributed by atoms with Gasteiger partial charge in [-0.3, -0.25) is 4.68 Å². The van der Waals surface area contributed by atoms with Crippen molar-refractivity contribution in [3.63, 3.8) is 0 Å². The lowest BCUT2D eigenvalue weighted by atomic mass is 10.1. The van der Waals surface area contributed by atoms with Crippen molar-refractivity contribution in [2.24, 2.45) is 0 Å². The molecule has 1 heterocycles. The van der Waals surface area contributed by atoms with Crippen LogP contribution in [0.4, 0.5) is 0 Å². The summed E-state index contributed by atoms with van der Waals surface area (Å²) in [7, 11) is 0. The third-order valence-corrected chi connectivity index (χ3v) is 2.83. The first-order valence-electron chi connectivity index (χ1n) is 5.38. The van der Waals surface area contributed by atoms with E-state index in [0.29, 0.717) is 0 Å². The molecule has 1 aromatic heterocycles. The molecule has 0 aliphatic rings. The molecule has 0 saturated carbocycles. The lowest BCUT2D eigenvalue weighted by Gasteiger charge is -2.05. The van der Waals surface area contributed by atoms with Crippen molar-refractivity contribution in [1.82, 2.24) is 9.78 Å². The van der Waals surface area contributed by atoms with Crippen molar-refractivity contribution in [2.75, 3.05) is 0 Å². The molecule has 0 atom stereocenters. The molecule has 0 aliphatic carbocycles. The van der Waals surface area contributed by atoms with Gasteiger partial charge in [-0.15, -0.1) is 0 Å². The molecule has 0 fully saturated rings. The number of benzene rings is 1. The van der Waals surface area contributed by atoms with Gasteiger partial charge in [0, 0.05) is 11.3 Å². The van der Waals surface area contributed by atoms with Crippen molar-refractivity contribution in [3.05, 3.63) is 52.8 Å². The number of aryl methyl sites for hydroxylation is 1. The highest BCUT2D eigenvalue weighted by Crippen LogP contribution is 2.10. The quantitative estimate of drug-likeness (QED) is 0.852. The Hall–Kier alpha value is -1.61. The van der Waals surface area contributed by atoms with Gasteiger partial charge in [0.05, 0.1) is 19.3 Å². The maximum atomic E-state index is 9.08. The van der Waals surface area contributed by atoms with Crippen LogP contribution in [0.15, 0.2) is 30.5 Å². The molecule has 16 heavy (non-hydrogen) atoms. The van der Waals surface area contributed by atoms with E-state index in [1.165, 1.54) is 11.1 Å². The van der Waals surface area contributed by atoms with E-state index in [-0.39, 0.29) is 6.61 Å². The molecule has 3 heteroatoms. The number of hydrogen-bond donors (Lipinski definition) is 1. The van der Waals surface area contributed by atoms with E-state index in [9.17, 15) is 0 Å². The second-order valence-electron chi connectivity index (χ2n) is 4.06. The highest BCUT2D eigenvalue weighted by atomic mass is 16.3. The summed E-state index contributed by atoms with van der Waals surface area (Å²) in [6, 6.07) is 8.41. The first-order valence-corrected chi connectivity index (χ1v) is 5.38. The number of nitrogens with zero attached hydrogens (tertiary/aromatic N) is 2. The summed E-state index contributed by atoms with van der Waals surface area (Å²) in [6.45, 7) is 4.87. The molecule has 3 nitrogen and oxygen atoms in total. The average Bonchev–Trinajstić information content (AvgIpc) is 2.63. The molecule has 0 bridgehead atoms. The minimum Gasteiger partial charge on any atom is -0.392 e. The molecular formula is C13H16N2O. The predicted molar refractivity (Wildman–Crippen MR) is 63.2 cm³/mol. The van der Waals surface area contributed by atoms with Crippen LogP contribution in [0.2, 0.25) is 0 Å². The smallest absolute Gasteiger partial charge is 0.0715 e. The summed E-state index contributed by atoms with van der Waals surface area (Å²) in [6.07, 6.45) is 1.73. The Balaban J connectivity index is 2.20. The van der Waals surface area contributed by atoms with Gasteiger partial charge < -0.3 is 5.11 Å². The van der Waals surface area contributed by atoms with Crippen molar-refractivity contribution in [3.8, 4) is 0 Å². The highest BCUT2D eigenvalue weighted by molar-refractivity contribution is 5.23. The number of aromatic nitrogens is 2. The Kier molecular flexibility index (Phi) is 3.06. The highest BCUT2D eigenvalue weighted by Gasteiger charge is 2.05. The third kappa shape index (κ3) is 2.14. The van der Waals surface area contributed by atoms with E-state index in [4.69, 9.17) is 5.11 Å². The summed E-state index contributed by atoms with van der Waals surface area (Å²) in [5.74, 6) is 0. The van der Waals surface area contributed by atoms with Crippen molar-refractivity contribution in [1.29, 1.82) is 0 Å². The molecule has 2 rings (SSSR count). The molecule has 0 radical (unpaired) electrons. The Morgan fingerprint density at radius 2 is 1.88 bits per heavy atom. The second-order valence-corrected chi connectivity index (χ2v) is 4.06. The van der Waals surface area contributed by atoms with E-state index in [1.54, 1.807) is 6.20 Å². The number of aliphatic hydroxyl groups excluding tert-OH is 1. The molecule has 0 aliphatic heterocycles. The monoisotopic (exact) mass is 216 g/mol. The van der Waals surface area contributed by atoms with E-state index < -0.39 is 0 Å². The summed E-state index contributed by atoms with van der Waals surface area (Å²) in [5.41, 5.74) is 4.41. The first kappa shape index (κ1) is 10.9. The second kappa shape index (κ2) is 4.49. The standard InChI is InChI=1S/C13H16N2O/c1-10-3-5-12(6-4-10)8-15-11(2)13(9-16)7-14-15/h3-7,16H,8-9H2,1-2H3. The Morgan fingerprint density at radius 3 is 2.44 bits per heavy atom. The van der Waals surface area contributed by atoms with Crippen LogP contribution in [0.25, 0.3) is 0 Å². The predicted octanol–water partition coefficient (Wildman–Crippen LogP) is 2.04. The van der Waals surface area contributed by atoms with Gasteiger partial charge >= 0.3 is 0 Å². The van der Waals surface area contributed by atoms with Gasteiger partial charge in [0.2, 0.25) is 0 Å². The van der Waals surface area contributed by atoms with Gasteiger partial charge in [-0.1, -0.05) is 29.8 Å². The molecular weight excluding hydrogens is 200 g/mol. The summed E-state index contributed by atoms with van der Waals surface area (Å²) < 4.78 is 1.91. The van der Waals surface area contributed by atoms with Crippen LogP contribution in [-0.2, 0) is 13.2 Å². The van der Waals surface area contributed by atoms with Crippen LogP contribution >= 0.6 is 0 Å². The zero-order valence-corrected chi connectivity index (χ0v) is 9.64. The molecule has 0 amide bonds. The summed E-state index contributed by atoms with van der Waals surface area (Å²) >= 11 is 0. The maximum absolute atomic E-state index is 9.08. The van der Waals surface area contributed by atoms with Crippen LogP contribution in [0.3, 0.4) is 0 Å². The average molecular weight is 216 g/mol. The van der Waals surface area contributed by atoms with Gasteiger partial charge in [-0.25, -0.2) is 0 Å².